The molecule has 2 atom stereocenters. The molecule has 0 bridgehead atoms. The Bertz CT molecular complexity index is 351. The summed E-state index contributed by atoms with van der Waals surface area (Å²) < 4.78 is 4.76. The van der Waals surface area contributed by atoms with Gasteiger partial charge in [-0.15, -0.1) is 0 Å². The maximum atomic E-state index is 12.3. The van der Waals surface area contributed by atoms with Crippen LogP contribution in [0, 0.1) is 11.8 Å². The van der Waals surface area contributed by atoms with Gasteiger partial charge in [-0.3, -0.25) is 9.59 Å². The number of carbonyl (C=O) groups excluding carboxylic acids is 2. The Morgan fingerprint density at radius 2 is 1.80 bits per heavy atom. The minimum absolute atomic E-state index is 0.0408. The van der Waals surface area contributed by atoms with Crippen LogP contribution in [0.5, 0.6) is 0 Å². The third-order valence-corrected chi connectivity index (χ3v) is 4.79. The highest BCUT2D eigenvalue weighted by atomic mass is 16.5. The molecular formula is C15H26N2O3. The third kappa shape index (κ3) is 3.72. The second kappa shape index (κ2) is 7.07. The normalized spacial score (nSPS) is 28.2. The quantitative estimate of drug-likeness (QED) is 0.792. The zero-order valence-electron chi connectivity index (χ0n) is 12.3. The van der Waals surface area contributed by atoms with Crippen molar-refractivity contribution in [2.45, 2.75) is 51.0 Å². The predicted molar refractivity (Wildman–Crippen MR) is 75.9 cm³/mol. The second-order valence-corrected chi connectivity index (χ2v) is 6.09. The van der Waals surface area contributed by atoms with Gasteiger partial charge in [-0.05, 0) is 31.6 Å². The van der Waals surface area contributed by atoms with Crippen LogP contribution in [0.2, 0.25) is 0 Å². The van der Waals surface area contributed by atoms with E-state index in [9.17, 15) is 9.59 Å². The van der Waals surface area contributed by atoms with Crippen molar-refractivity contribution in [1.29, 1.82) is 0 Å². The van der Waals surface area contributed by atoms with Gasteiger partial charge in [0.25, 0.3) is 0 Å². The van der Waals surface area contributed by atoms with E-state index in [1.165, 1.54) is 20.0 Å². The number of carbonyl (C=O) groups is 2. The number of rotatable bonds is 3. The van der Waals surface area contributed by atoms with E-state index in [0.717, 1.165) is 25.7 Å². The van der Waals surface area contributed by atoms with Crippen LogP contribution in [-0.2, 0) is 14.3 Å². The molecule has 5 nitrogen and oxygen atoms in total. The molecule has 2 unspecified atom stereocenters. The van der Waals surface area contributed by atoms with Crippen molar-refractivity contribution in [1.82, 2.24) is 4.90 Å². The van der Waals surface area contributed by atoms with Crippen LogP contribution >= 0.6 is 0 Å². The van der Waals surface area contributed by atoms with Gasteiger partial charge >= 0.3 is 5.97 Å². The zero-order valence-corrected chi connectivity index (χ0v) is 12.3. The Morgan fingerprint density at radius 1 is 1.15 bits per heavy atom. The molecule has 1 aliphatic carbocycles. The van der Waals surface area contributed by atoms with Gasteiger partial charge in [0.1, 0.15) is 0 Å². The van der Waals surface area contributed by atoms with Crippen molar-refractivity contribution in [3.63, 3.8) is 0 Å². The molecule has 0 aromatic heterocycles. The number of methoxy groups -OCH3 is 1. The largest absolute Gasteiger partial charge is 0.469 e. The lowest BCUT2D eigenvalue weighted by Crippen LogP contribution is -2.43. The van der Waals surface area contributed by atoms with E-state index in [2.05, 4.69) is 0 Å². The molecule has 1 aliphatic heterocycles. The van der Waals surface area contributed by atoms with Crippen molar-refractivity contribution in [2.75, 3.05) is 20.2 Å². The van der Waals surface area contributed by atoms with Crippen LogP contribution in [0.4, 0.5) is 0 Å². The minimum Gasteiger partial charge on any atom is -0.469 e. The van der Waals surface area contributed by atoms with Crippen LogP contribution in [0.15, 0.2) is 0 Å². The molecule has 5 heteroatoms. The van der Waals surface area contributed by atoms with Gasteiger partial charge < -0.3 is 15.4 Å². The monoisotopic (exact) mass is 282 g/mol. The van der Waals surface area contributed by atoms with Crippen molar-refractivity contribution in [3.8, 4) is 0 Å². The molecule has 1 saturated carbocycles. The lowest BCUT2D eigenvalue weighted by molar-refractivity contribution is -0.149. The lowest BCUT2D eigenvalue weighted by atomic mass is 9.82. The van der Waals surface area contributed by atoms with Crippen LogP contribution < -0.4 is 5.73 Å². The second-order valence-electron chi connectivity index (χ2n) is 6.09. The molecular weight excluding hydrogens is 256 g/mol. The Labute approximate surface area is 120 Å². The van der Waals surface area contributed by atoms with Gasteiger partial charge in [-0.25, -0.2) is 0 Å². The van der Waals surface area contributed by atoms with Crippen molar-refractivity contribution >= 4 is 11.9 Å². The number of nitrogens with zero attached hydrogens (tertiary/aromatic N) is 1. The fraction of sp³-hybridized carbons (Fsp3) is 0.867. The van der Waals surface area contributed by atoms with Gasteiger partial charge in [0.2, 0.25) is 5.91 Å². The summed E-state index contributed by atoms with van der Waals surface area (Å²) in [5.74, 6) is 0.359. The number of hydrogen-bond donors (Lipinski definition) is 1. The van der Waals surface area contributed by atoms with E-state index in [1.54, 1.807) is 0 Å². The summed E-state index contributed by atoms with van der Waals surface area (Å²) in [4.78, 5) is 25.7. The molecule has 114 valence electrons. The van der Waals surface area contributed by atoms with Gasteiger partial charge in [-0.1, -0.05) is 12.8 Å². The first-order chi connectivity index (χ1) is 9.61. The Kier molecular flexibility index (Phi) is 5.40. The number of nitrogens with two attached hydrogens (primary N) is 1. The van der Waals surface area contributed by atoms with Crippen LogP contribution in [0.25, 0.3) is 0 Å². The van der Waals surface area contributed by atoms with Crippen molar-refractivity contribution < 1.29 is 14.3 Å². The highest BCUT2D eigenvalue weighted by Gasteiger charge is 2.30. The summed E-state index contributed by atoms with van der Waals surface area (Å²) in [6.07, 6.45) is 6.51. The molecule has 1 heterocycles. The molecule has 1 amide bonds. The maximum Gasteiger partial charge on any atom is 0.308 e. The summed E-state index contributed by atoms with van der Waals surface area (Å²) in [5.41, 5.74) is 6.10. The smallest absolute Gasteiger partial charge is 0.308 e. The molecule has 0 spiro atoms. The number of piperidine rings is 1. The van der Waals surface area contributed by atoms with E-state index in [1.807, 2.05) is 4.90 Å². The molecule has 0 aromatic carbocycles. The standard InChI is InChI=1S/C15H26N2O3/c1-20-15(19)11-6-8-17(9-7-11)14(18)10-12-4-2-3-5-13(12)16/h11-13H,2-10,16H2,1H3. The minimum atomic E-state index is -0.147. The molecule has 1 saturated heterocycles. The number of esters is 1. The maximum absolute atomic E-state index is 12.3. The Balaban J connectivity index is 1.78. The van der Waals surface area contributed by atoms with E-state index < -0.39 is 0 Å². The third-order valence-electron chi connectivity index (χ3n) is 4.79. The first-order valence-corrected chi connectivity index (χ1v) is 7.73. The molecule has 2 N–H and O–H groups in total. The summed E-state index contributed by atoms with van der Waals surface area (Å²) in [6.45, 7) is 1.33. The Hall–Kier alpha value is -1.10. The molecule has 2 fully saturated rings. The van der Waals surface area contributed by atoms with Crippen LogP contribution in [-0.4, -0.2) is 43.0 Å². The molecule has 2 rings (SSSR count). The number of hydrogen-bond acceptors (Lipinski definition) is 4. The average Bonchev–Trinajstić information content (AvgIpc) is 2.49. The first-order valence-electron chi connectivity index (χ1n) is 7.73. The summed E-state index contributed by atoms with van der Waals surface area (Å²) in [5, 5.41) is 0. The molecule has 20 heavy (non-hydrogen) atoms. The summed E-state index contributed by atoms with van der Waals surface area (Å²) >= 11 is 0. The predicted octanol–water partition coefficient (Wildman–Crippen LogP) is 1.31. The van der Waals surface area contributed by atoms with Gasteiger partial charge in [0, 0.05) is 25.6 Å². The van der Waals surface area contributed by atoms with E-state index in [4.69, 9.17) is 10.5 Å². The summed E-state index contributed by atoms with van der Waals surface area (Å²) in [6, 6.07) is 0.181. The van der Waals surface area contributed by atoms with Gasteiger partial charge in [-0.2, -0.15) is 0 Å². The van der Waals surface area contributed by atoms with E-state index in [-0.39, 0.29) is 23.8 Å². The zero-order chi connectivity index (χ0) is 14.5. The van der Waals surface area contributed by atoms with Gasteiger partial charge in [0.15, 0.2) is 0 Å². The van der Waals surface area contributed by atoms with Gasteiger partial charge in [0.05, 0.1) is 13.0 Å². The topological polar surface area (TPSA) is 72.6 Å². The highest BCUT2D eigenvalue weighted by Crippen LogP contribution is 2.27. The van der Waals surface area contributed by atoms with Crippen molar-refractivity contribution in [2.24, 2.45) is 17.6 Å². The fourth-order valence-corrected chi connectivity index (χ4v) is 3.37. The number of ether oxygens (including phenoxy) is 1. The lowest BCUT2D eigenvalue weighted by Gasteiger charge is -2.34. The highest BCUT2D eigenvalue weighted by molar-refractivity contribution is 5.77. The number of amides is 1. The Morgan fingerprint density at radius 3 is 2.40 bits per heavy atom. The van der Waals surface area contributed by atoms with E-state index >= 15 is 0 Å². The molecule has 0 aromatic rings. The van der Waals surface area contributed by atoms with E-state index in [0.29, 0.717) is 25.4 Å². The SMILES string of the molecule is COC(=O)C1CCN(C(=O)CC2CCCCC2N)CC1. The van der Waals surface area contributed by atoms with Crippen LogP contribution in [0.3, 0.4) is 0 Å². The van der Waals surface area contributed by atoms with Crippen molar-refractivity contribution in [3.05, 3.63) is 0 Å². The summed E-state index contributed by atoms with van der Waals surface area (Å²) in [7, 11) is 1.42. The first kappa shape index (κ1) is 15.3. The molecule has 2 aliphatic rings. The van der Waals surface area contributed by atoms with Crippen LogP contribution in [0.1, 0.15) is 44.9 Å². The molecule has 0 radical (unpaired) electrons. The fourth-order valence-electron chi connectivity index (χ4n) is 3.37. The average molecular weight is 282 g/mol. The number of likely N-dealkylation sites (tertiary alicyclic amines) is 1.